The Morgan fingerprint density at radius 2 is 2.14 bits per heavy atom. The van der Waals surface area contributed by atoms with E-state index in [1.807, 2.05) is 19.9 Å². The second-order valence-electron chi connectivity index (χ2n) is 5.48. The SMILES string of the molecule is CCn1c(C)cc(C)c(C(=O)N(C)[C@@H]2COC[C@H]2O)c1=O. The fourth-order valence-electron chi connectivity index (χ4n) is 2.81. The second-order valence-corrected chi connectivity index (χ2v) is 5.48. The van der Waals surface area contributed by atoms with E-state index in [1.54, 1.807) is 18.5 Å². The second kappa shape index (κ2) is 5.99. The van der Waals surface area contributed by atoms with Gasteiger partial charge in [0.1, 0.15) is 5.56 Å². The molecule has 0 spiro atoms. The van der Waals surface area contributed by atoms with Crippen LogP contribution in [0.1, 0.15) is 28.5 Å². The molecule has 0 saturated carbocycles. The van der Waals surface area contributed by atoms with E-state index in [1.165, 1.54) is 4.90 Å². The first kappa shape index (κ1) is 15.7. The lowest BCUT2D eigenvalue weighted by Gasteiger charge is -2.26. The Morgan fingerprint density at radius 3 is 2.67 bits per heavy atom. The summed E-state index contributed by atoms with van der Waals surface area (Å²) in [4.78, 5) is 26.6. The highest BCUT2D eigenvalue weighted by molar-refractivity contribution is 5.95. The van der Waals surface area contributed by atoms with Crippen LogP contribution < -0.4 is 5.56 Å². The quantitative estimate of drug-likeness (QED) is 0.871. The lowest BCUT2D eigenvalue weighted by atomic mass is 10.1. The first-order chi connectivity index (χ1) is 9.88. The van der Waals surface area contributed by atoms with Gasteiger partial charge >= 0.3 is 0 Å². The van der Waals surface area contributed by atoms with Crippen molar-refractivity contribution in [3.05, 3.63) is 33.2 Å². The number of ether oxygens (including phenoxy) is 1. The molecule has 0 aromatic carbocycles. The van der Waals surface area contributed by atoms with Crippen molar-refractivity contribution in [3.8, 4) is 0 Å². The van der Waals surface area contributed by atoms with Crippen molar-refractivity contribution in [2.75, 3.05) is 20.3 Å². The predicted molar refractivity (Wildman–Crippen MR) is 78.6 cm³/mol. The van der Waals surface area contributed by atoms with Gasteiger partial charge in [-0.15, -0.1) is 0 Å². The Hall–Kier alpha value is -1.66. The van der Waals surface area contributed by atoms with Gasteiger partial charge in [0.15, 0.2) is 0 Å². The molecular formula is C15H22N2O4. The van der Waals surface area contributed by atoms with Crippen molar-refractivity contribution < 1.29 is 14.6 Å². The maximum atomic E-state index is 12.6. The molecule has 2 heterocycles. The number of rotatable bonds is 3. The number of aromatic nitrogens is 1. The van der Waals surface area contributed by atoms with Gasteiger partial charge < -0.3 is 19.3 Å². The molecule has 1 aliphatic heterocycles. The summed E-state index contributed by atoms with van der Waals surface area (Å²) in [7, 11) is 1.60. The summed E-state index contributed by atoms with van der Waals surface area (Å²) in [6, 6.07) is 1.43. The predicted octanol–water partition coefficient (Wildman–Crippen LogP) is 0.317. The number of pyridine rings is 1. The van der Waals surface area contributed by atoms with E-state index in [0.29, 0.717) is 12.1 Å². The smallest absolute Gasteiger partial charge is 0.263 e. The highest BCUT2D eigenvalue weighted by Crippen LogP contribution is 2.16. The zero-order valence-corrected chi connectivity index (χ0v) is 12.9. The number of aryl methyl sites for hydroxylation is 2. The number of hydrogen-bond donors (Lipinski definition) is 1. The van der Waals surface area contributed by atoms with Gasteiger partial charge in [0.05, 0.1) is 25.4 Å². The topological polar surface area (TPSA) is 71.8 Å². The van der Waals surface area contributed by atoms with Crippen LogP contribution in [-0.2, 0) is 11.3 Å². The first-order valence-corrected chi connectivity index (χ1v) is 7.12. The zero-order chi connectivity index (χ0) is 15.7. The molecule has 1 N–H and O–H groups in total. The number of carbonyl (C=O) groups is 1. The van der Waals surface area contributed by atoms with Crippen LogP contribution >= 0.6 is 0 Å². The Labute approximate surface area is 123 Å². The fourth-order valence-corrected chi connectivity index (χ4v) is 2.81. The average molecular weight is 294 g/mol. The van der Waals surface area contributed by atoms with E-state index in [9.17, 15) is 14.7 Å². The van der Waals surface area contributed by atoms with Gasteiger partial charge in [-0.25, -0.2) is 0 Å². The monoisotopic (exact) mass is 294 g/mol. The molecule has 0 radical (unpaired) electrons. The maximum absolute atomic E-state index is 12.6. The van der Waals surface area contributed by atoms with Crippen LogP contribution in [0.4, 0.5) is 0 Å². The summed E-state index contributed by atoms with van der Waals surface area (Å²) >= 11 is 0. The first-order valence-electron chi connectivity index (χ1n) is 7.12. The highest BCUT2D eigenvalue weighted by atomic mass is 16.5. The fraction of sp³-hybridized carbons (Fsp3) is 0.600. The maximum Gasteiger partial charge on any atom is 0.263 e. The molecule has 1 amide bonds. The largest absolute Gasteiger partial charge is 0.388 e. The number of aliphatic hydroxyl groups excluding tert-OH is 1. The molecule has 1 aromatic rings. The number of hydrogen-bond acceptors (Lipinski definition) is 4. The molecule has 1 aromatic heterocycles. The number of likely N-dealkylation sites (N-methyl/N-ethyl adjacent to an activating group) is 1. The zero-order valence-electron chi connectivity index (χ0n) is 12.9. The summed E-state index contributed by atoms with van der Waals surface area (Å²) < 4.78 is 6.75. The van der Waals surface area contributed by atoms with Crippen LogP contribution in [0, 0.1) is 13.8 Å². The normalized spacial score (nSPS) is 21.6. The van der Waals surface area contributed by atoms with E-state index in [0.717, 1.165) is 5.69 Å². The van der Waals surface area contributed by atoms with E-state index in [-0.39, 0.29) is 30.2 Å². The van der Waals surface area contributed by atoms with Crippen molar-refractivity contribution >= 4 is 5.91 Å². The van der Waals surface area contributed by atoms with Crippen LogP contribution in [-0.4, -0.2) is 52.9 Å². The number of nitrogens with zero attached hydrogens (tertiary/aromatic N) is 2. The van der Waals surface area contributed by atoms with E-state index in [2.05, 4.69) is 0 Å². The molecule has 0 unspecified atom stereocenters. The lowest BCUT2D eigenvalue weighted by Crippen LogP contribution is -2.46. The van der Waals surface area contributed by atoms with Crippen molar-refractivity contribution in [1.29, 1.82) is 0 Å². The van der Waals surface area contributed by atoms with Crippen LogP contribution in [0.25, 0.3) is 0 Å². The van der Waals surface area contributed by atoms with Gasteiger partial charge in [0.25, 0.3) is 11.5 Å². The molecule has 0 bridgehead atoms. The molecular weight excluding hydrogens is 272 g/mol. The van der Waals surface area contributed by atoms with Gasteiger partial charge in [-0.05, 0) is 32.4 Å². The third-order valence-corrected chi connectivity index (χ3v) is 4.07. The molecule has 6 nitrogen and oxygen atoms in total. The molecule has 1 saturated heterocycles. The van der Waals surface area contributed by atoms with Crippen LogP contribution in [0.15, 0.2) is 10.9 Å². The summed E-state index contributed by atoms with van der Waals surface area (Å²) in [5.74, 6) is -0.366. The van der Waals surface area contributed by atoms with Gasteiger partial charge in [0.2, 0.25) is 0 Å². The molecule has 1 fully saturated rings. The number of aliphatic hydroxyl groups is 1. The molecule has 21 heavy (non-hydrogen) atoms. The molecule has 2 atom stereocenters. The Morgan fingerprint density at radius 1 is 1.48 bits per heavy atom. The van der Waals surface area contributed by atoms with Gasteiger partial charge in [-0.2, -0.15) is 0 Å². The minimum Gasteiger partial charge on any atom is -0.388 e. The van der Waals surface area contributed by atoms with Crippen molar-refractivity contribution in [3.63, 3.8) is 0 Å². The van der Waals surface area contributed by atoms with Crippen molar-refractivity contribution in [2.24, 2.45) is 0 Å². The molecule has 116 valence electrons. The minimum absolute atomic E-state index is 0.170. The summed E-state index contributed by atoms with van der Waals surface area (Å²) in [5.41, 5.74) is 1.39. The van der Waals surface area contributed by atoms with Gasteiger partial charge in [0, 0.05) is 19.3 Å². The molecule has 2 rings (SSSR count). The van der Waals surface area contributed by atoms with E-state index in [4.69, 9.17) is 4.74 Å². The van der Waals surface area contributed by atoms with Gasteiger partial charge in [-0.1, -0.05) is 0 Å². The summed E-state index contributed by atoms with van der Waals surface area (Å²) in [5, 5.41) is 9.84. The minimum atomic E-state index is -0.710. The van der Waals surface area contributed by atoms with Crippen molar-refractivity contribution in [1.82, 2.24) is 9.47 Å². The van der Waals surface area contributed by atoms with Crippen molar-refractivity contribution in [2.45, 2.75) is 39.5 Å². The Balaban J connectivity index is 2.42. The average Bonchev–Trinajstić information content (AvgIpc) is 2.83. The van der Waals surface area contributed by atoms with Crippen LogP contribution in [0.5, 0.6) is 0 Å². The number of amides is 1. The standard InChI is InChI=1S/C15H22N2O4/c1-5-17-10(3)6-9(2)13(15(17)20)14(19)16(4)11-7-21-8-12(11)18/h6,11-12,18H,5,7-8H2,1-4H3/t11-,12-/m1/s1. The summed E-state index contributed by atoms with van der Waals surface area (Å²) in [6.07, 6.45) is -0.710. The molecule has 0 aliphatic carbocycles. The highest BCUT2D eigenvalue weighted by Gasteiger charge is 2.34. The van der Waals surface area contributed by atoms with Crippen LogP contribution in [0.3, 0.4) is 0 Å². The van der Waals surface area contributed by atoms with E-state index < -0.39 is 12.1 Å². The lowest BCUT2D eigenvalue weighted by molar-refractivity contribution is 0.0578. The molecule has 1 aliphatic rings. The third-order valence-electron chi connectivity index (χ3n) is 4.07. The van der Waals surface area contributed by atoms with Crippen LogP contribution in [0.2, 0.25) is 0 Å². The third kappa shape index (κ3) is 2.73. The van der Waals surface area contributed by atoms with Gasteiger partial charge in [-0.3, -0.25) is 9.59 Å². The Bertz CT molecular complexity index is 608. The number of carbonyl (C=O) groups excluding carboxylic acids is 1. The van der Waals surface area contributed by atoms with E-state index >= 15 is 0 Å². The Kier molecular flexibility index (Phi) is 4.49. The summed E-state index contributed by atoms with van der Waals surface area (Å²) in [6.45, 7) is 6.51. The molecule has 6 heteroatoms.